The molecule has 1 aromatic rings. The van der Waals surface area contributed by atoms with Gasteiger partial charge in [-0.3, -0.25) is 9.67 Å². The Morgan fingerprint density at radius 2 is 2.19 bits per heavy atom. The molecule has 0 bridgehead atoms. The van der Waals surface area contributed by atoms with E-state index in [2.05, 4.69) is 34.6 Å². The van der Waals surface area contributed by atoms with Crippen molar-refractivity contribution in [1.29, 1.82) is 0 Å². The van der Waals surface area contributed by atoms with Gasteiger partial charge in [0.15, 0.2) is 5.96 Å². The standard InChI is InChI=1S/C15H29N5.HI/c1-5-6-7-8-13(2)19-15(16-3)17-10-9-14-11-18-20(4)12-14;/h11-13H,5-10H2,1-4H3,(H2,16,17,19);1H. The Morgan fingerprint density at radius 3 is 2.76 bits per heavy atom. The summed E-state index contributed by atoms with van der Waals surface area (Å²) in [7, 11) is 3.76. The molecule has 6 heteroatoms. The highest BCUT2D eigenvalue weighted by Gasteiger charge is 2.04. The van der Waals surface area contributed by atoms with Gasteiger partial charge in [-0.25, -0.2) is 0 Å². The number of aliphatic imine (C=N–C) groups is 1. The van der Waals surface area contributed by atoms with Crippen LogP contribution in [0.15, 0.2) is 17.4 Å². The number of aryl methyl sites for hydroxylation is 1. The summed E-state index contributed by atoms with van der Waals surface area (Å²) in [6.07, 6.45) is 9.95. The maximum absolute atomic E-state index is 4.27. The van der Waals surface area contributed by atoms with Crippen LogP contribution in [0.4, 0.5) is 0 Å². The smallest absolute Gasteiger partial charge is 0.191 e. The summed E-state index contributed by atoms with van der Waals surface area (Å²) in [4.78, 5) is 4.27. The van der Waals surface area contributed by atoms with Gasteiger partial charge in [0, 0.05) is 32.9 Å². The Kier molecular flexibility index (Phi) is 11.4. The second kappa shape index (κ2) is 11.8. The number of nitrogens with one attached hydrogen (secondary N) is 2. The molecule has 0 saturated carbocycles. The molecule has 0 aromatic carbocycles. The quantitative estimate of drug-likeness (QED) is 0.302. The van der Waals surface area contributed by atoms with Crippen molar-refractivity contribution < 1.29 is 0 Å². The Bertz CT molecular complexity index is 403. The zero-order chi connectivity index (χ0) is 14.8. The highest BCUT2D eigenvalue weighted by atomic mass is 127. The van der Waals surface area contributed by atoms with E-state index in [0.717, 1.165) is 18.9 Å². The van der Waals surface area contributed by atoms with Crippen molar-refractivity contribution >= 4 is 29.9 Å². The molecule has 2 N–H and O–H groups in total. The maximum Gasteiger partial charge on any atom is 0.191 e. The molecular weight excluding hydrogens is 377 g/mol. The second-order valence-corrected chi connectivity index (χ2v) is 5.31. The molecule has 1 rings (SSSR count). The van der Waals surface area contributed by atoms with Crippen molar-refractivity contribution in [3.63, 3.8) is 0 Å². The number of unbranched alkanes of at least 4 members (excludes halogenated alkanes) is 2. The van der Waals surface area contributed by atoms with Crippen molar-refractivity contribution in [2.45, 2.75) is 52.0 Å². The van der Waals surface area contributed by atoms with Gasteiger partial charge in [-0.05, 0) is 25.3 Å². The molecule has 5 nitrogen and oxygen atoms in total. The van der Waals surface area contributed by atoms with Crippen molar-refractivity contribution in [2.24, 2.45) is 12.0 Å². The molecule has 0 fully saturated rings. The van der Waals surface area contributed by atoms with Crippen LogP contribution >= 0.6 is 24.0 Å². The van der Waals surface area contributed by atoms with Crippen LogP contribution in [0.2, 0.25) is 0 Å². The summed E-state index contributed by atoms with van der Waals surface area (Å²) >= 11 is 0. The van der Waals surface area contributed by atoms with E-state index >= 15 is 0 Å². The first-order valence-electron chi connectivity index (χ1n) is 7.60. The van der Waals surface area contributed by atoms with Crippen LogP contribution in [0.1, 0.15) is 45.1 Å². The lowest BCUT2D eigenvalue weighted by Gasteiger charge is -2.17. The van der Waals surface area contributed by atoms with Gasteiger partial charge < -0.3 is 10.6 Å². The van der Waals surface area contributed by atoms with Crippen LogP contribution < -0.4 is 10.6 Å². The molecule has 1 aromatic heterocycles. The van der Waals surface area contributed by atoms with E-state index in [-0.39, 0.29) is 24.0 Å². The fourth-order valence-corrected chi connectivity index (χ4v) is 2.13. The normalized spacial score (nSPS) is 12.7. The monoisotopic (exact) mass is 407 g/mol. The molecule has 1 unspecified atom stereocenters. The summed E-state index contributed by atoms with van der Waals surface area (Å²) in [5.41, 5.74) is 1.24. The van der Waals surface area contributed by atoms with Gasteiger partial charge in [-0.15, -0.1) is 24.0 Å². The Labute approximate surface area is 146 Å². The minimum Gasteiger partial charge on any atom is -0.356 e. The van der Waals surface area contributed by atoms with Gasteiger partial charge in [0.05, 0.1) is 6.20 Å². The van der Waals surface area contributed by atoms with Crippen LogP contribution in [0.5, 0.6) is 0 Å². The summed E-state index contributed by atoms with van der Waals surface area (Å²) in [5.74, 6) is 0.887. The lowest BCUT2D eigenvalue weighted by atomic mass is 10.1. The van der Waals surface area contributed by atoms with Crippen LogP contribution in [0.25, 0.3) is 0 Å². The third-order valence-corrected chi connectivity index (χ3v) is 3.31. The summed E-state index contributed by atoms with van der Waals surface area (Å²) < 4.78 is 1.83. The molecule has 1 heterocycles. The van der Waals surface area contributed by atoms with E-state index in [0.29, 0.717) is 6.04 Å². The predicted molar refractivity (Wildman–Crippen MR) is 100 cm³/mol. The molecule has 0 aliphatic rings. The molecule has 0 aliphatic carbocycles. The van der Waals surface area contributed by atoms with Gasteiger partial charge in [0.2, 0.25) is 0 Å². The SMILES string of the molecule is CCCCCC(C)NC(=NC)NCCc1cnn(C)c1.I. The lowest BCUT2D eigenvalue weighted by molar-refractivity contribution is 0.547. The van der Waals surface area contributed by atoms with Gasteiger partial charge in [0.1, 0.15) is 0 Å². The fourth-order valence-electron chi connectivity index (χ4n) is 2.13. The molecule has 0 spiro atoms. The largest absolute Gasteiger partial charge is 0.356 e. The summed E-state index contributed by atoms with van der Waals surface area (Å²) in [6, 6.07) is 0.464. The first kappa shape index (κ1) is 20.2. The van der Waals surface area contributed by atoms with E-state index in [9.17, 15) is 0 Å². The minimum atomic E-state index is 0. The molecule has 0 aliphatic heterocycles. The highest BCUT2D eigenvalue weighted by molar-refractivity contribution is 14.0. The average molecular weight is 407 g/mol. The van der Waals surface area contributed by atoms with Crippen molar-refractivity contribution in [3.05, 3.63) is 18.0 Å². The second-order valence-electron chi connectivity index (χ2n) is 5.31. The zero-order valence-electron chi connectivity index (χ0n) is 13.7. The van der Waals surface area contributed by atoms with Crippen molar-refractivity contribution in [3.8, 4) is 0 Å². The zero-order valence-corrected chi connectivity index (χ0v) is 16.1. The number of halogens is 1. The number of nitrogens with zero attached hydrogens (tertiary/aromatic N) is 3. The van der Waals surface area contributed by atoms with E-state index in [1.807, 2.05) is 31.2 Å². The molecule has 0 amide bonds. The topological polar surface area (TPSA) is 54.2 Å². The van der Waals surface area contributed by atoms with Gasteiger partial charge in [-0.1, -0.05) is 26.2 Å². The van der Waals surface area contributed by atoms with E-state index in [1.54, 1.807) is 0 Å². The van der Waals surface area contributed by atoms with Crippen LogP contribution in [0, 0.1) is 0 Å². The van der Waals surface area contributed by atoms with Crippen LogP contribution in [-0.2, 0) is 13.5 Å². The lowest BCUT2D eigenvalue weighted by Crippen LogP contribution is -2.42. The average Bonchev–Trinajstić information content (AvgIpc) is 2.83. The van der Waals surface area contributed by atoms with Crippen molar-refractivity contribution in [2.75, 3.05) is 13.6 Å². The third kappa shape index (κ3) is 8.95. The fraction of sp³-hybridized carbons (Fsp3) is 0.733. The van der Waals surface area contributed by atoms with E-state index in [4.69, 9.17) is 0 Å². The van der Waals surface area contributed by atoms with E-state index in [1.165, 1.54) is 31.2 Å². The van der Waals surface area contributed by atoms with Gasteiger partial charge >= 0.3 is 0 Å². The maximum atomic E-state index is 4.27. The summed E-state index contributed by atoms with van der Waals surface area (Å²) in [6.45, 7) is 5.31. The van der Waals surface area contributed by atoms with E-state index < -0.39 is 0 Å². The van der Waals surface area contributed by atoms with Gasteiger partial charge in [0.25, 0.3) is 0 Å². The summed E-state index contributed by atoms with van der Waals surface area (Å²) in [5, 5.41) is 11.0. The molecule has 1 atom stereocenters. The number of aromatic nitrogens is 2. The molecule has 21 heavy (non-hydrogen) atoms. The van der Waals surface area contributed by atoms with Gasteiger partial charge in [-0.2, -0.15) is 5.10 Å². The number of hydrogen-bond acceptors (Lipinski definition) is 2. The number of guanidine groups is 1. The first-order valence-corrected chi connectivity index (χ1v) is 7.60. The van der Waals surface area contributed by atoms with Crippen LogP contribution in [0.3, 0.4) is 0 Å². The predicted octanol–water partition coefficient (Wildman–Crippen LogP) is 2.71. The first-order chi connectivity index (χ1) is 9.65. The molecule has 0 radical (unpaired) electrons. The highest BCUT2D eigenvalue weighted by Crippen LogP contribution is 2.02. The minimum absolute atomic E-state index is 0. The Hall–Kier alpha value is -0.790. The molecule has 0 saturated heterocycles. The number of rotatable bonds is 8. The van der Waals surface area contributed by atoms with Crippen LogP contribution in [-0.4, -0.2) is 35.4 Å². The van der Waals surface area contributed by atoms with Crippen molar-refractivity contribution in [1.82, 2.24) is 20.4 Å². The molecular formula is C15H30IN5. The third-order valence-electron chi connectivity index (χ3n) is 3.31. The Balaban J connectivity index is 0.00000400. The number of hydrogen-bond donors (Lipinski definition) is 2. The molecule has 122 valence electrons. The Morgan fingerprint density at radius 1 is 1.43 bits per heavy atom.